The van der Waals surface area contributed by atoms with Crippen LogP contribution < -0.4 is 0 Å². The lowest BCUT2D eigenvalue weighted by Gasteiger charge is -2.47. The molecule has 0 amide bonds. The molecule has 0 aliphatic carbocycles. The molecule has 0 spiro atoms. The van der Waals surface area contributed by atoms with Gasteiger partial charge in [0, 0.05) is 6.04 Å². The molecule has 0 N–H and O–H groups in total. The van der Waals surface area contributed by atoms with Gasteiger partial charge >= 0.3 is 5.97 Å². The summed E-state index contributed by atoms with van der Waals surface area (Å²) in [4.78, 5) is 13.1. The van der Waals surface area contributed by atoms with Crippen LogP contribution in [0.1, 0.15) is 18.4 Å². The molecule has 27 heavy (non-hydrogen) atoms. The Kier molecular flexibility index (Phi) is 8.05. The average Bonchev–Trinajstić information content (AvgIpc) is 2.67. The van der Waals surface area contributed by atoms with Gasteiger partial charge in [0.05, 0.1) is 17.2 Å². The molecule has 1 aromatic carbocycles. The number of thioether (sulfide) groups is 4. The standard InChI is InChI=1S/C20H30O2S4Si/c1-27(2,3)15-17(21)22-20(16-9-5-4-6-10-16,18-23-11-7-12-24-18)19-25-13-8-14-26-19/h4-6,9-10,18-19H,7-8,11-15H2,1-3H3. The smallest absolute Gasteiger partial charge is 0.304 e. The zero-order chi connectivity index (χ0) is 19.3. The molecule has 0 aromatic heterocycles. The van der Waals surface area contributed by atoms with Gasteiger partial charge in [-0.05, 0) is 41.4 Å². The maximum Gasteiger partial charge on any atom is 0.304 e. The zero-order valence-electron chi connectivity index (χ0n) is 16.4. The van der Waals surface area contributed by atoms with Crippen LogP contribution in [-0.2, 0) is 15.1 Å². The highest BCUT2D eigenvalue weighted by Crippen LogP contribution is 2.55. The molecule has 0 unspecified atom stereocenters. The molecular formula is C20H30O2S4Si. The highest BCUT2D eigenvalue weighted by Gasteiger charge is 2.53. The third kappa shape index (κ3) is 5.68. The molecule has 7 heteroatoms. The van der Waals surface area contributed by atoms with Crippen molar-refractivity contribution >= 4 is 61.1 Å². The van der Waals surface area contributed by atoms with Gasteiger partial charge in [-0.15, -0.1) is 47.0 Å². The van der Waals surface area contributed by atoms with Crippen LogP contribution in [0.2, 0.25) is 25.7 Å². The van der Waals surface area contributed by atoms with E-state index in [1.807, 2.05) is 47.0 Å². The highest BCUT2D eigenvalue weighted by molar-refractivity contribution is 8.19. The lowest BCUT2D eigenvalue weighted by molar-refractivity contribution is -0.155. The largest absolute Gasteiger partial charge is 0.450 e. The van der Waals surface area contributed by atoms with E-state index < -0.39 is 13.7 Å². The molecule has 0 atom stereocenters. The Balaban J connectivity index is 2.01. The van der Waals surface area contributed by atoms with E-state index in [9.17, 15) is 4.79 Å². The monoisotopic (exact) mass is 458 g/mol. The minimum absolute atomic E-state index is 0.00318. The van der Waals surface area contributed by atoms with Gasteiger partial charge in [-0.3, -0.25) is 4.79 Å². The number of esters is 1. The number of ether oxygens (including phenoxy) is 1. The Bertz CT molecular complexity index is 590. The van der Waals surface area contributed by atoms with E-state index in [-0.39, 0.29) is 15.1 Å². The fraction of sp³-hybridized carbons (Fsp3) is 0.650. The van der Waals surface area contributed by atoms with Gasteiger partial charge in [0.25, 0.3) is 0 Å². The van der Waals surface area contributed by atoms with Crippen LogP contribution in [0.15, 0.2) is 30.3 Å². The van der Waals surface area contributed by atoms with Gasteiger partial charge in [-0.25, -0.2) is 0 Å². The molecule has 0 bridgehead atoms. The molecule has 2 heterocycles. The number of carbonyl (C=O) groups excluding carboxylic acids is 1. The molecule has 0 saturated carbocycles. The molecule has 1 aromatic rings. The van der Waals surface area contributed by atoms with E-state index in [0.717, 1.165) is 23.0 Å². The third-order valence-electron chi connectivity index (χ3n) is 4.54. The third-order valence-corrected chi connectivity index (χ3v) is 12.2. The van der Waals surface area contributed by atoms with Crippen LogP contribution in [-0.4, -0.2) is 46.2 Å². The molecule has 2 aliphatic rings. The van der Waals surface area contributed by atoms with E-state index in [2.05, 4.69) is 50.0 Å². The van der Waals surface area contributed by atoms with Crippen LogP contribution >= 0.6 is 47.0 Å². The predicted molar refractivity (Wildman–Crippen MR) is 129 cm³/mol. The summed E-state index contributed by atoms with van der Waals surface area (Å²) in [7, 11) is -1.52. The maximum atomic E-state index is 13.1. The van der Waals surface area contributed by atoms with Gasteiger partial charge < -0.3 is 4.74 Å². The first kappa shape index (κ1) is 22.0. The molecule has 3 rings (SSSR count). The second-order valence-electron chi connectivity index (χ2n) is 8.22. The Labute approximate surface area is 182 Å². The summed E-state index contributed by atoms with van der Waals surface area (Å²) in [5.74, 6) is 4.61. The summed E-state index contributed by atoms with van der Waals surface area (Å²) >= 11 is 7.96. The highest BCUT2D eigenvalue weighted by atomic mass is 32.2. The zero-order valence-corrected chi connectivity index (χ0v) is 20.7. The fourth-order valence-electron chi connectivity index (χ4n) is 3.37. The normalized spacial score (nSPS) is 20.4. The van der Waals surface area contributed by atoms with E-state index in [1.165, 1.54) is 18.4 Å². The summed E-state index contributed by atoms with van der Waals surface area (Å²) in [6.45, 7) is 6.73. The van der Waals surface area contributed by atoms with Crippen molar-refractivity contribution in [1.29, 1.82) is 0 Å². The first-order valence-electron chi connectivity index (χ1n) is 9.66. The first-order valence-corrected chi connectivity index (χ1v) is 17.6. The predicted octanol–water partition coefficient (Wildman–Crippen LogP) is 6.16. The number of benzene rings is 1. The van der Waals surface area contributed by atoms with Crippen molar-refractivity contribution in [3.05, 3.63) is 35.9 Å². The van der Waals surface area contributed by atoms with Crippen LogP contribution in [0.25, 0.3) is 0 Å². The summed E-state index contributed by atoms with van der Waals surface area (Å²) in [6.07, 6.45) is 2.48. The van der Waals surface area contributed by atoms with Crippen LogP contribution in [0.4, 0.5) is 0 Å². The topological polar surface area (TPSA) is 26.3 Å². The van der Waals surface area contributed by atoms with E-state index >= 15 is 0 Å². The van der Waals surface area contributed by atoms with E-state index in [1.54, 1.807) is 0 Å². The lowest BCUT2D eigenvalue weighted by atomic mass is 9.97. The lowest BCUT2D eigenvalue weighted by Crippen LogP contribution is -2.50. The van der Waals surface area contributed by atoms with Crippen molar-refractivity contribution in [1.82, 2.24) is 0 Å². The van der Waals surface area contributed by atoms with Gasteiger partial charge in [0.1, 0.15) is 0 Å². The molecule has 0 radical (unpaired) electrons. The molecule has 2 nitrogen and oxygen atoms in total. The molecule has 2 fully saturated rings. The van der Waals surface area contributed by atoms with Gasteiger partial charge in [-0.1, -0.05) is 50.0 Å². The Morgan fingerprint density at radius 3 is 1.89 bits per heavy atom. The molecule has 2 saturated heterocycles. The van der Waals surface area contributed by atoms with Gasteiger partial charge in [-0.2, -0.15) is 0 Å². The van der Waals surface area contributed by atoms with Crippen molar-refractivity contribution in [2.75, 3.05) is 23.0 Å². The fourth-order valence-corrected chi connectivity index (χ4v) is 11.3. The van der Waals surface area contributed by atoms with E-state index in [0.29, 0.717) is 6.04 Å². The van der Waals surface area contributed by atoms with Crippen molar-refractivity contribution in [2.45, 2.75) is 53.3 Å². The van der Waals surface area contributed by atoms with E-state index in [4.69, 9.17) is 4.74 Å². The molecule has 2 aliphatic heterocycles. The van der Waals surface area contributed by atoms with Crippen molar-refractivity contribution < 1.29 is 9.53 Å². The quantitative estimate of drug-likeness (QED) is 0.374. The molecular weight excluding hydrogens is 429 g/mol. The Hall–Kier alpha value is 0.307. The van der Waals surface area contributed by atoms with Crippen LogP contribution in [0.5, 0.6) is 0 Å². The second-order valence-corrected chi connectivity index (χ2v) is 19.1. The average molecular weight is 459 g/mol. The summed E-state index contributed by atoms with van der Waals surface area (Å²) in [5.41, 5.74) is 0.622. The summed E-state index contributed by atoms with van der Waals surface area (Å²) in [5, 5.41) is 0. The number of hydrogen-bond donors (Lipinski definition) is 0. The number of rotatable bonds is 6. The summed E-state index contributed by atoms with van der Waals surface area (Å²) in [6, 6.07) is 11.2. The van der Waals surface area contributed by atoms with Crippen molar-refractivity contribution in [3.63, 3.8) is 0 Å². The van der Waals surface area contributed by atoms with Crippen LogP contribution in [0.3, 0.4) is 0 Å². The van der Waals surface area contributed by atoms with Crippen molar-refractivity contribution in [3.8, 4) is 0 Å². The van der Waals surface area contributed by atoms with Gasteiger partial charge in [0.15, 0.2) is 5.60 Å². The SMILES string of the molecule is C[Si](C)(C)CC(=O)OC(c1ccccc1)(C1SCCCS1)C1SCCCS1. The number of hydrogen-bond acceptors (Lipinski definition) is 6. The maximum absolute atomic E-state index is 13.1. The second kappa shape index (κ2) is 9.87. The Morgan fingerprint density at radius 2 is 1.44 bits per heavy atom. The molecule has 150 valence electrons. The first-order chi connectivity index (χ1) is 12.9. The summed E-state index contributed by atoms with van der Waals surface area (Å²) < 4.78 is 7.12. The van der Waals surface area contributed by atoms with Crippen molar-refractivity contribution in [2.24, 2.45) is 0 Å². The Morgan fingerprint density at radius 1 is 0.963 bits per heavy atom. The van der Waals surface area contributed by atoms with Gasteiger partial charge in [0.2, 0.25) is 0 Å². The minimum atomic E-state index is -1.52. The number of carbonyl (C=O) groups is 1. The minimum Gasteiger partial charge on any atom is -0.450 e. The van der Waals surface area contributed by atoms with Crippen LogP contribution in [0, 0.1) is 0 Å².